The molecular formula is C7H11N3OS. The molecule has 0 bridgehead atoms. The van der Waals surface area contributed by atoms with Crippen LogP contribution in [-0.2, 0) is 0 Å². The van der Waals surface area contributed by atoms with Crippen LogP contribution in [-0.4, -0.2) is 28.2 Å². The second-order valence-electron chi connectivity index (χ2n) is 3.10. The quantitative estimate of drug-likeness (QED) is 0.579. The van der Waals surface area contributed by atoms with Gasteiger partial charge in [0.2, 0.25) is 0 Å². The number of nitrogens with one attached hydrogen (secondary N) is 1. The van der Waals surface area contributed by atoms with Crippen LogP contribution in [0, 0.1) is 0 Å². The van der Waals surface area contributed by atoms with E-state index in [0.29, 0.717) is 13.1 Å². The Labute approximate surface area is 74.6 Å². The van der Waals surface area contributed by atoms with Gasteiger partial charge in [-0.05, 0) is 17.6 Å². The highest BCUT2D eigenvalue weighted by atomic mass is 32.1. The molecule has 4 nitrogen and oxygen atoms in total. The zero-order valence-electron chi connectivity index (χ0n) is 6.53. The Hall–Kier alpha value is -0.490. The van der Waals surface area contributed by atoms with E-state index in [0.717, 1.165) is 4.88 Å². The molecule has 1 fully saturated rings. The summed E-state index contributed by atoms with van der Waals surface area (Å²) in [5, 5.41) is 12.8. The van der Waals surface area contributed by atoms with Crippen molar-refractivity contribution in [3.63, 3.8) is 0 Å². The van der Waals surface area contributed by atoms with Crippen LogP contribution >= 0.6 is 11.5 Å². The van der Waals surface area contributed by atoms with E-state index in [2.05, 4.69) is 9.69 Å². The molecule has 1 unspecified atom stereocenters. The Morgan fingerprint density at radius 3 is 2.92 bits per heavy atom. The van der Waals surface area contributed by atoms with Gasteiger partial charge >= 0.3 is 0 Å². The van der Waals surface area contributed by atoms with Crippen LogP contribution in [0.2, 0.25) is 0 Å². The van der Waals surface area contributed by atoms with Gasteiger partial charge in [-0.2, -0.15) is 0 Å². The molecule has 0 aromatic carbocycles. The van der Waals surface area contributed by atoms with Gasteiger partial charge in [-0.15, -0.1) is 0 Å². The lowest BCUT2D eigenvalue weighted by Crippen LogP contribution is -2.64. The van der Waals surface area contributed by atoms with Gasteiger partial charge in [0.05, 0.1) is 6.04 Å². The summed E-state index contributed by atoms with van der Waals surface area (Å²) in [6.07, 6.45) is 1.70. The smallest absolute Gasteiger partial charge is 0.109 e. The molecule has 1 aromatic heterocycles. The van der Waals surface area contributed by atoms with Gasteiger partial charge in [0.1, 0.15) is 5.60 Å². The lowest BCUT2D eigenvalue weighted by molar-refractivity contribution is -0.0324. The van der Waals surface area contributed by atoms with Crippen molar-refractivity contribution in [2.75, 3.05) is 13.1 Å². The van der Waals surface area contributed by atoms with Gasteiger partial charge in [-0.25, -0.2) is 4.37 Å². The molecule has 0 spiro atoms. The largest absolute Gasteiger partial charge is 0.385 e. The monoisotopic (exact) mass is 185 g/mol. The number of hydrogen-bond donors (Lipinski definition) is 3. The minimum Gasteiger partial charge on any atom is -0.385 e. The fraction of sp³-hybridized carbons (Fsp3) is 0.571. The lowest BCUT2D eigenvalue weighted by atomic mass is 9.88. The molecule has 12 heavy (non-hydrogen) atoms. The van der Waals surface area contributed by atoms with E-state index in [1.165, 1.54) is 11.5 Å². The average Bonchev–Trinajstić information content (AvgIpc) is 2.50. The number of rotatable bonds is 2. The first kappa shape index (κ1) is 8.12. The molecule has 5 heteroatoms. The third-order valence-electron chi connectivity index (χ3n) is 2.21. The first-order valence-corrected chi connectivity index (χ1v) is 4.59. The first-order valence-electron chi connectivity index (χ1n) is 3.82. The second kappa shape index (κ2) is 2.77. The highest BCUT2D eigenvalue weighted by Crippen LogP contribution is 2.28. The standard InChI is InChI=1S/C7H11N3OS/c8-6(5-1-2-10-12-5)7(11)3-9-4-7/h1-2,6,9,11H,3-4,8H2. The van der Waals surface area contributed by atoms with Crippen LogP contribution in [0.25, 0.3) is 0 Å². The molecule has 0 aliphatic carbocycles. The molecule has 0 radical (unpaired) electrons. The van der Waals surface area contributed by atoms with E-state index in [4.69, 9.17) is 5.73 Å². The molecule has 2 rings (SSSR count). The van der Waals surface area contributed by atoms with Crippen molar-refractivity contribution in [2.45, 2.75) is 11.6 Å². The molecular weight excluding hydrogens is 174 g/mol. The molecule has 0 saturated carbocycles. The fourth-order valence-electron chi connectivity index (χ4n) is 1.25. The molecule has 1 aromatic rings. The van der Waals surface area contributed by atoms with Crippen molar-refractivity contribution < 1.29 is 5.11 Å². The summed E-state index contributed by atoms with van der Waals surface area (Å²) in [6.45, 7) is 1.15. The highest BCUT2D eigenvalue weighted by Gasteiger charge is 2.41. The summed E-state index contributed by atoms with van der Waals surface area (Å²) in [7, 11) is 0. The maximum Gasteiger partial charge on any atom is 0.109 e. The average molecular weight is 185 g/mol. The second-order valence-corrected chi connectivity index (χ2v) is 3.96. The number of aromatic nitrogens is 1. The van der Waals surface area contributed by atoms with Crippen LogP contribution < -0.4 is 11.1 Å². The van der Waals surface area contributed by atoms with Crippen molar-refractivity contribution in [2.24, 2.45) is 5.73 Å². The van der Waals surface area contributed by atoms with E-state index in [-0.39, 0.29) is 6.04 Å². The van der Waals surface area contributed by atoms with Crippen LogP contribution in [0.5, 0.6) is 0 Å². The van der Waals surface area contributed by atoms with Gasteiger partial charge in [-0.1, -0.05) is 0 Å². The molecule has 1 aliphatic rings. The highest BCUT2D eigenvalue weighted by molar-refractivity contribution is 7.05. The molecule has 1 saturated heterocycles. The lowest BCUT2D eigenvalue weighted by Gasteiger charge is -2.41. The number of β-amino-alcohol motifs (C(OH)–C–C–N with tert-alkyl or cyclic N) is 1. The van der Waals surface area contributed by atoms with E-state index < -0.39 is 5.60 Å². The molecule has 1 aliphatic heterocycles. The molecule has 2 heterocycles. The normalized spacial score (nSPS) is 23.2. The Kier molecular flexibility index (Phi) is 1.88. The summed E-state index contributed by atoms with van der Waals surface area (Å²) in [6, 6.07) is 1.55. The van der Waals surface area contributed by atoms with Crippen molar-refractivity contribution in [3.05, 3.63) is 17.1 Å². The van der Waals surface area contributed by atoms with Crippen LogP contribution in [0.3, 0.4) is 0 Å². The topological polar surface area (TPSA) is 71.2 Å². The minimum absolute atomic E-state index is 0.300. The van der Waals surface area contributed by atoms with Crippen LogP contribution in [0.1, 0.15) is 10.9 Å². The zero-order valence-corrected chi connectivity index (χ0v) is 7.34. The summed E-state index contributed by atoms with van der Waals surface area (Å²) in [5.74, 6) is 0. The van der Waals surface area contributed by atoms with Crippen LogP contribution in [0.15, 0.2) is 12.3 Å². The van der Waals surface area contributed by atoms with Gasteiger partial charge in [0, 0.05) is 24.2 Å². The minimum atomic E-state index is -0.757. The molecule has 1 atom stereocenters. The number of hydrogen-bond acceptors (Lipinski definition) is 5. The van der Waals surface area contributed by atoms with Crippen LogP contribution in [0.4, 0.5) is 0 Å². The zero-order chi connectivity index (χ0) is 8.60. The Bertz CT molecular complexity index is 258. The number of nitrogens with zero attached hydrogens (tertiary/aromatic N) is 1. The summed E-state index contributed by atoms with van der Waals surface area (Å²) >= 11 is 1.34. The Morgan fingerprint density at radius 1 is 1.75 bits per heavy atom. The van der Waals surface area contributed by atoms with E-state index in [9.17, 15) is 5.11 Å². The molecule has 0 amide bonds. The van der Waals surface area contributed by atoms with E-state index >= 15 is 0 Å². The number of nitrogens with two attached hydrogens (primary N) is 1. The van der Waals surface area contributed by atoms with E-state index in [1.54, 1.807) is 6.20 Å². The predicted molar refractivity (Wildman–Crippen MR) is 46.9 cm³/mol. The SMILES string of the molecule is NC(c1ccns1)C1(O)CNC1. The van der Waals surface area contributed by atoms with Crippen molar-refractivity contribution in [1.82, 2.24) is 9.69 Å². The van der Waals surface area contributed by atoms with Gasteiger partial charge in [0.25, 0.3) is 0 Å². The van der Waals surface area contributed by atoms with E-state index in [1.807, 2.05) is 6.07 Å². The first-order chi connectivity index (χ1) is 5.72. The summed E-state index contributed by atoms with van der Waals surface area (Å²) in [5.41, 5.74) is 5.10. The predicted octanol–water partition coefficient (Wildman–Crippen LogP) is -0.523. The Morgan fingerprint density at radius 2 is 2.50 bits per heavy atom. The third kappa shape index (κ3) is 1.15. The van der Waals surface area contributed by atoms with Gasteiger partial charge in [0.15, 0.2) is 0 Å². The fourth-order valence-corrected chi connectivity index (χ4v) is 1.95. The molecule has 66 valence electrons. The Balaban J connectivity index is 2.14. The van der Waals surface area contributed by atoms with Gasteiger partial charge < -0.3 is 16.2 Å². The maximum atomic E-state index is 9.84. The maximum absolute atomic E-state index is 9.84. The van der Waals surface area contributed by atoms with Crippen molar-refractivity contribution in [1.29, 1.82) is 0 Å². The third-order valence-corrected chi connectivity index (χ3v) is 3.03. The number of aliphatic hydroxyl groups is 1. The van der Waals surface area contributed by atoms with Gasteiger partial charge in [-0.3, -0.25) is 0 Å². The summed E-state index contributed by atoms with van der Waals surface area (Å²) in [4.78, 5) is 0.944. The molecule has 4 N–H and O–H groups in total. The van der Waals surface area contributed by atoms with Crippen molar-refractivity contribution in [3.8, 4) is 0 Å². The van der Waals surface area contributed by atoms with Crippen molar-refractivity contribution >= 4 is 11.5 Å². The summed E-state index contributed by atoms with van der Waals surface area (Å²) < 4.78 is 3.95.